The van der Waals surface area contributed by atoms with Gasteiger partial charge in [0.2, 0.25) is 0 Å². The molecule has 0 aliphatic heterocycles. The van der Waals surface area contributed by atoms with E-state index < -0.39 is 17.7 Å². The van der Waals surface area contributed by atoms with Crippen LogP contribution < -0.4 is 0 Å². The van der Waals surface area contributed by atoms with Gasteiger partial charge < -0.3 is 10.2 Å². The van der Waals surface area contributed by atoms with E-state index in [0.717, 1.165) is 17.2 Å². The molecule has 0 aromatic heterocycles. The highest BCUT2D eigenvalue weighted by Gasteiger charge is 2.17. The van der Waals surface area contributed by atoms with Crippen molar-refractivity contribution in [1.82, 2.24) is 0 Å². The number of hydrogen-bond acceptors (Lipinski definition) is 3. The van der Waals surface area contributed by atoms with E-state index in [4.69, 9.17) is 10.2 Å². The molecule has 0 aliphatic rings. The van der Waals surface area contributed by atoms with Crippen LogP contribution in [0.25, 0.3) is 0 Å². The monoisotopic (exact) mass is 298 g/mol. The van der Waals surface area contributed by atoms with E-state index in [0.29, 0.717) is 5.56 Å². The highest BCUT2D eigenvalue weighted by molar-refractivity contribution is 6.11. The average molecular weight is 298 g/mol. The molecule has 22 heavy (non-hydrogen) atoms. The number of aryl methyl sites for hydroxylation is 2. The average Bonchev–Trinajstić information content (AvgIpc) is 2.46. The molecule has 2 rings (SSSR count). The summed E-state index contributed by atoms with van der Waals surface area (Å²) in [4.78, 5) is 34.7. The Morgan fingerprint density at radius 3 is 1.73 bits per heavy atom. The topological polar surface area (TPSA) is 91.7 Å². The lowest BCUT2D eigenvalue weighted by Gasteiger charge is -2.08. The number of rotatable bonds is 4. The fourth-order valence-corrected chi connectivity index (χ4v) is 2.23. The van der Waals surface area contributed by atoms with Gasteiger partial charge in [-0.3, -0.25) is 4.79 Å². The second kappa shape index (κ2) is 5.81. The van der Waals surface area contributed by atoms with Crippen molar-refractivity contribution in [2.45, 2.75) is 13.8 Å². The van der Waals surface area contributed by atoms with Gasteiger partial charge in [0, 0.05) is 11.1 Å². The van der Waals surface area contributed by atoms with Gasteiger partial charge in [0.15, 0.2) is 5.78 Å². The molecule has 0 spiro atoms. The molecule has 2 N–H and O–H groups in total. The second-order valence-electron chi connectivity index (χ2n) is 5.06. The molecule has 0 fully saturated rings. The first-order valence-corrected chi connectivity index (χ1v) is 6.53. The molecule has 0 saturated carbocycles. The second-order valence-corrected chi connectivity index (χ2v) is 5.06. The van der Waals surface area contributed by atoms with Crippen LogP contribution in [0.2, 0.25) is 0 Å². The van der Waals surface area contributed by atoms with Crippen LogP contribution >= 0.6 is 0 Å². The summed E-state index contributed by atoms with van der Waals surface area (Å²) < 4.78 is 0. The molecule has 2 aromatic rings. The number of benzene rings is 2. The molecule has 0 bridgehead atoms. The lowest BCUT2D eigenvalue weighted by Crippen LogP contribution is -2.09. The van der Waals surface area contributed by atoms with Crippen LogP contribution in [-0.4, -0.2) is 27.9 Å². The first-order valence-electron chi connectivity index (χ1n) is 6.53. The Kier molecular flexibility index (Phi) is 4.08. The lowest BCUT2D eigenvalue weighted by atomic mass is 9.95. The Morgan fingerprint density at radius 1 is 0.773 bits per heavy atom. The maximum atomic E-state index is 12.5. The predicted molar refractivity (Wildman–Crippen MR) is 79.7 cm³/mol. The number of carboxylic acids is 2. The van der Waals surface area contributed by atoms with Crippen molar-refractivity contribution >= 4 is 17.7 Å². The van der Waals surface area contributed by atoms with Gasteiger partial charge in [-0.15, -0.1) is 0 Å². The van der Waals surface area contributed by atoms with E-state index >= 15 is 0 Å². The van der Waals surface area contributed by atoms with Crippen molar-refractivity contribution < 1.29 is 24.6 Å². The van der Waals surface area contributed by atoms with Gasteiger partial charge in [0.25, 0.3) is 0 Å². The SMILES string of the molecule is Cc1ccc(C(=O)c2cc(C(=O)O)cc(C(=O)O)c2)c(C)c1. The normalized spacial score (nSPS) is 10.3. The standard InChI is InChI=1S/C17H14O5/c1-9-3-4-14(10(2)5-9)15(18)11-6-12(16(19)20)8-13(7-11)17(21)22/h3-8H,1-2H3,(H,19,20)(H,21,22). The van der Waals surface area contributed by atoms with Crippen molar-refractivity contribution in [3.05, 3.63) is 69.8 Å². The number of ketones is 1. The van der Waals surface area contributed by atoms with E-state index in [9.17, 15) is 14.4 Å². The zero-order chi connectivity index (χ0) is 16.4. The molecule has 0 radical (unpaired) electrons. The van der Waals surface area contributed by atoms with Crippen molar-refractivity contribution in [1.29, 1.82) is 0 Å². The summed E-state index contributed by atoms with van der Waals surface area (Å²) in [5.41, 5.74) is 1.76. The first-order chi connectivity index (χ1) is 10.3. The van der Waals surface area contributed by atoms with Crippen LogP contribution in [0.3, 0.4) is 0 Å². The Morgan fingerprint density at radius 2 is 1.27 bits per heavy atom. The highest BCUT2D eigenvalue weighted by atomic mass is 16.4. The fraction of sp³-hybridized carbons (Fsp3) is 0.118. The number of carbonyl (C=O) groups excluding carboxylic acids is 1. The first kappa shape index (κ1) is 15.4. The maximum Gasteiger partial charge on any atom is 0.335 e. The molecule has 0 amide bonds. The van der Waals surface area contributed by atoms with Gasteiger partial charge >= 0.3 is 11.9 Å². The minimum atomic E-state index is -1.28. The molecular formula is C17H14O5. The molecule has 0 heterocycles. The third-order valence-electron chi connectivity index (χ3n) is 3.32. The zero-order valence-corrected chi connectivity index (χ0v) is 12.1. The van der Waals surface area contributed by atoms with E-state index in [1.807, 2.05) is 13.0 Å². The minimum absolute atomic E-state index is 0.0456. The van der Waals surface area contributed by atoms with Crippen LogP contribution in [0.5, 0.6) is 0 Å². The van der Waals surface area contributed by atoms with Gasteiger partial charge in [-0.1, -0.05) is 23.8 Å². The molecular weight excluding hydrogens is 284 g/mol. The Labute approximate surface area is 126 Å². The Bertz CT molecular complexity index is 757. The number of carbonyl (C=O) groups is 3. The summed E-state index contributed by atoms with van der Waals surface area (Å²) in [5, 5.41) is 18.1. The largest absolute Gasteiger partial charge is 0.478 e. The summed E-state index contributed by atoms with van der Waals surface area (Å²) in [6.07, 6.45) is 0. The maximum absolute atomic E-state index is 12.5. The Hall–Kier alpha value is -2.95. The van der Waals surface area contributed by atoms with Crippen LogP contribution in [0.15, 0.2) is 36.4 Å². The van der Waals surface area contributed by atoms with Gasteiger partial charge in [-0.2, -0.15) is 0 Å². The molecule has 0 saturated heterocycles. The van der Waals surface area contributed by atoms with Crippen molar-refractivity contribution in [2.75, 3.05) is 0 Å². The third kappa shape index (κ3) is 3.03. The molecule has 5 nitrogen and oxygen atoms in total. The van der Waals surface area contributed by atoms with Crippen molar-refractivity contribution in [3.8, 4) is 0 Å². The van der Waals surface area contributed by atoms with Crippen LogP contribution in [0.4, 0.5) is 0 Å². The van der Waals surface area contributed by atoms with Gasteiger partial charge in [0.1, 0.15) is 0 Å². The van der Waals surface area contributed by atoms with E-state index in [2.05, 4.69) is 0 Å². The number of carboxylic acid groups (broad SMARTS) is 2. The predicted octanol–water partition coefficient (Wildman–Crippen LogP) is 2.93. The molecule has 0 atom stereocenters. The van der Waals surface area contributed by atoms with Crippen LogP contribution in [0.1, 0.15) is 47.8 Å². The molecule has 0 aliphatic carbocycles. The van der Waals surface area contributed by atoms with E-state index in [-0.39, 0.29) is 16.7 Å². The summed E-state index contributed by atoms with van der Waals surface area (Å²) >= 11 is 0. The quantitative estimate of drug-likeness (QED) is 0.847. The van der Waals surface area contributed by atoms with Crippen molar-refractivity contribution in [2.24, 2.45) is 0 Å². The van der Waals surface area contributed by atoms with Crippen LogP contribution in [-0.2, 0) is 0 Å². The molecule has 112 valence electrons. The Balaban J connectivity index is 2.57. The summed E-state index contributed by atoms with van der Waals surface area (Å²) in [5.74, 6) is -2.96. The number of aromatic carboxylic acids is 2. The number of hydrogen-bond donors (Lipinski definition) is 2. The smallest absolute Gasteiger partial charge is 0.335 e. The lowest BCUT2D eigenvalue weighted by molar-refractivity contribution is 0.0696. The van der Waals surface area contributed by atoms with Gasteiger partial charge in [0.05, 0.1) is 11.1 Å². The molecule has 0 unspecified atom stereocenters. The summed E-state index contributed by atoms with van der Waals surface area (Å²) in [6.45, 7) is 3.67. The highest BCUT2D eigenvalue weighted by Crippen LogP contribution is 2.18. The van der Waals surface area contributed by atoms with E-state index in [1.54, 1.807) is 19.1 Å². The third-order valence-corrected chi connectivity index (χ3v) is 3.32. The summed E-state index contributed by atoms with van der Waals surface area (Å²) in [7, 11) is 0. The van der Waals surface area contributed by atoms with E-state index in [1.165, 1.54) is 12.1 Å². The zero-order valence-electron chi connectivity index (χ0n) is 12.1. The van der Waals surface area contributed by atoms with Gasteiger partial charge in [-0.25, -0.2) is 9.59 Å². The minimum Gasteiger partial charge on any atom is -0.478 e. The van der Waals surface area contributed by atoms with Gasteiger partial charge in [-0.05, 0) is 37.6 Å². The van der Waals surface area contributed by atoms with Crippen molar-refractivity contribution in [3.63, 3.8) is 0 Å². The molecule has 5 heteroatoms. The molecule has 2 aromatic carbocycles. The van der Waals surface area contributed by atoms with Crippen LogP contribution in [0, 0.1) is 13.8 Å². The summed E-state index contributed by atoms with van der Waals surface area (Å²) in [6, 6.07) is 8.68. The fourth-order valence-electron chi connectivity index (χ4n) is 2.23.